The first-order valence-corrected chi connectivity index (χ1v) is 9.92. The molecule has 0 aromatic carbocycles. The Morgan fingerprint density at radius 3 is 2.75 bits per heavy atom. The van der Waals surface area contributed by atoms with Crippen molar-refractivity contribution in [2.24, 2.45) is 10.7 Å². The van der Waals surface area contributed by atoms with Gasteiger partial charge in [-0.1, -0.05) is 6.92 Å². The molecule has 4 N–H and O–H groups in total. The van der Waals surface area contributed by atoms with Gasteiger partial charge < -0.3 is 15.9 Å². The van der Waals surface area contributed by atoms with Crippen molar-refractivity contribution in [2.45, 2.75) is 38.1 Å². The SMILES string of the molecule is CCC(CC(F)(F)F)n1cc(-c2nc(C(C=NCC(O)CO)=CN)cn3nccc23)cn1. The summed E-state index contributed by atoms with van der Waals surface area (Å²) in [6.07, 6.45) is 2.93. The average Bonchev–Trinajstić information content (AvgIpc) is 3.43. The zero-order valence-corrected chi connectivity index (χ0v) is 17.3. The molecule has 0 saturated heterocycles. The van der Waals surface area contributed by atoms with E-state index >= 15 is 0 Å². The Kier molecular flexibility index (Phi) is 7.26. The molecule has 3 rings (SSSR count). The first-order chi connectivity index (χ1) is 15.3. The van der Waals surface area contributed by atoms with E-state index in [-0.39, 0.29) is 13.0 Å². The van der Waals surface area contributed by atoms with Crippen LogP contribution >= 0.6 is 0 Å². The third-order valence-corrected chi connectivity index (χ3v) is 4.81. The van der Waals surface area contributed by atoms with E-state index in [2.05, 4.69) is 20.2 Å². The summed E-state index contributed by atoms with van der Waals surface area (Å²) in [4.78, 5) is 8.67. The number of hydrogen-bond acceptors (Lipinski definition) is 7. The lowest BCUT2D eigenvalue weighted by Gasteiger charge is -2.17. The highest BCUT2D eigenvalue weighted by molar-refractivity contribution is 6.09. The maximum absolute atomic E-state index is 12.9. The number of aromatic nitrogens is 5. The predicted molar refractivity (Wildman–Crippen MR) is 113 cm³/mol. The summed E-state index contributed by atoms with van der Waals surface area (Å²) in [5.74, 6) is 0. The fourth-order valence-electron chi connectivity index (χ4n) is 3.16. The van der Waals surface area contributed by atoms with E-state index in [1.54, 1.807) is 29.9 Å². The van der Waals surface area contributed by atoms with Crippen molar-refractivity contribution in [3.05, 3.63) is 42.7 Å². The van der Waals surface area contributed by atoms with Gasteiger partial charge in [-0.25, -0.2) is 9.50 Å². The van der Waals surface area contributed by atoms with E-state index in [4.69, 9.17) is 10.8 Å². The van der Waals surface area contributed by atoms with Gasteiger partial charge in [-0.15, -0.1) is 0 Å². The van der Waals surface area contributed by atoms with Crippen LogP contribution < -0.4 is 5.73 Å². The van der Waals surface area contributed by atoms with Crippen LogP contribution in [0.4, 0.5) is 13.2 Å². The Hall–Kier alpha value is -3.25. The fourth-order valence-corrected chi connectivity index (χ4v) is 3.16. The molecule has 0 aliphatic heterocycles. The monoisotopic (exact) mass is 451 g/mol. The van der Waals surface area contributed by atoms with Crippen LogP contribution in [0.3, 0.4) is 0 Å². The van der Waals surface area contributed by atoms with Gasteiger partial charge in [0, 0.05) is 29.7 Å². The minimum absolute atomic E-state index is 0.0188. The number of hydrogen-bond donors (Lipinski definition) is 3. The molecule has 12 heteroatoms. The van der Waals surface area contributed by atoms with Crippen LogP contribution in [0, 0.1) is 0 Å². The van der Waals surface area contributed by atoms with E-state index in [1.165, 1.54) is 29.5 Å². The van der Waals surface area contributed by atoms with Gasteiger partial charge in [0.15, 0.2) is 0 Å². The molecule has 0 bridgehead atoms. The number of allylic oxidation sites excluding steroid dienone is 1. The van der Waals surface area contributed by atoms with Crippen molar-refractivity contribution < 1.29 is 23.4 Å². The maximum Gasteiger partial charge on any atom is 0.391 e. The number of nitrogens with two attached hydrogens (primary N) is 1. The lowest BCUT2D eigenvalue weighted by atomic mass is 10.1. The Bertz CT molecular complexity index is 1100. The molecule has 0 amide bonds. The van der Waals surface area contributed by atoms with E-state index < -0.39 is 31.3 Å². The van der Waals surface area contributed by atoms with Crippen LogP contribution in [0.2, 0.25) is 0 Å². The van der Waals surface area contributed by atoms with Crippen molar-refractivity contribution in [3.8, 4) is 11.3 Å². The predicted octanol–water partition coefficient (Wildman–Crippen LogP) is 2.22. The molecule has 3 aromatic rings. The number of alkyl halides is 3. The molecule has 0 aliphatic rings. The molecule has 172 valence electrons. The van der Waals surface area contributed by atoms with Crippen LogP contribution in [-0.4, -0.2) is 66.2 Å². The summed E-state index contributed by atoms with van der Waals surface area (Å²) >= 11 is 0. The molecule has 32 heavy (non-hydrogen) atoms. The molecule has 3 heterocycles. The van der Waals surface area contributed by atoms with Crippen molar-refractivity contribution in [1.29, 1.82) is 0 Å². The summed E-state index contributed by atoms with van der Waals surface area (Å²) in [6.45, 7) is 1.24. The Labute approximate surface area is 181 Å². The van der Waals surface area contributed by atoms with E-state index in [9.17, 15) is 18.3 Å². The molecule has 2 unspecified atom stereocenters. The number of nitrogens with zero attached hydrogens (tertiary/aromatic N) is 6. The Balaban J connectivity index is 1.98. The highest BCUT2D eigenvalue weighted by atomic mass is 19.4. The zero-order valence-electron chi connectivity index (χ0n) is 17.3. The fraction of sp³-hybridized carbons (Fsp3) is 0.400. The molecular weight excluding hydrogens is 427 g/mol. The Morgan fingerprint density at radius 1 is 1.31 bits per heavy atom. The standard InChI is InChI=1S/C20H24F3N7O2/c1-2-15(5-20(21,22)23)29-10-14(8-27-29)19-18-3-4-26-30(18)11-17(28-19)13(6-24)7-25-9-16(32)12-31/h3-4,6-8,10-11,15-16,31-32H,2,5,9,12,24H2,1H3. The third kappa shape index (κ3) is 5.51. The summed E-state index contributed by atoms with van der Waals surface area (Å²) in [5, 5.41) is 26.7. The summed E-state index contributed by atoms with van der Waals surface area (Å²) in [7, 11) is 0. The largest absolute Gasteiger partial charge is 0.404 e. The smallest absolute Gasteiger partial charge is 0.391 e. The molecule has 0 spiro atoms. The van der Waals surface area contributed by atoms with Crippen LogP contribution in [-0.2, 0) is 0 Å². The maximum atomic E-state index is 12.9. The number of aliphatic hydroxyl groups is 2. The van der Waals surface area contributed by atoms with Gasteiger partial charge in [-0.2, -0.15) is 23.4 Å². The second kappa shape index (κ2) is 9.92. The third-order valence-electron chi connectivity index (χ3n) is 4.81. The topological polar surface area (TPSA) is 127 Å². The van der Waals surface area contributed by atoms with Gasteiger partial charge in [0.25, 0.3) is 0 Å². The lowest BCUT2D eigenvalue weighted by molar-refractivity contribution is -0.143. The molecule has 9 nitrogen and oxygen atoms in total. The van der Waals surface area contributed by atoms with E-state index in [0.717, 1.165) is 0 Å². The number of aliphatic imine (C=N–C) groups is 1. The van der Waals surface area contributed by atoms with Gasteiger partial charge in [-0.05, 0) is 12.5 Å². The van der Waals surface area contributed by atoms with Crippen molar-refractivity contribution in [3.63, 3.8) is 0 Å². The number of aliphatic hydroxyl groups excluding tert-OH is 2. The quantitative estimate of drug-likeness (QED) is 0.428. The number of fused-ring (bicyclic) bond motifs is 1. The van der Waals surface area contributed by atoms with Gasteiger partial charge in [0.05, 0.1) is 67.2 Å². The molecule has 2 atom stereocenters. The van der Waals surface area contributed by atoms with Gasteiger partial charge in [0.1, 0.15) is 0 Å². The first kappa shape index (κ1) is 23.4. The minimum Gasteiger partial charge on any atom is -0.404 e. The molecular formula is C20H24F3N7O2. The molecule has 0 saturated carbocycles. The average molecular weight is 451 g/mol. The summed E-state index contributed by atoms with van der Waals surface area (Å²) in [5.41, 5.74) is 8.21. The number of halogens is 3. The molecule has 0 radical (unpaired) electrons. The van der Waals surface area contributed by atoms with E-state index in [0.29, 0.717) is 28.0 Å². The lowest BCUT2D eigenvalue weighted by Crippen LogP contribution is -2.18. The highest BCUT2D eigenvalue weighted by Gasteiger charge is 2.32. The van der Waals surface area contributed by atoms with Gasteiger partial charge >= 0.3 is 6.18 Å². The zero-order chi connectivity index (χ0) is 23.3. The van der Waals surface area contributed by atoms with Crippen LogP contribution in [0.5, 0.6) is 0 Å². The van der Waals surface area contributed by atoms with Crippen molar-refractivity contribution in [2.75, 3.05) is 13.2 Å². The first-order valence-electron chi connectivity index (χ1n) is 9.92. The second-order valence-electron chi connectivity index (χ2n) is 7.18. The summed E-state index contributed by atoms with van der Waals surface area (Å²) in [6, 6.07) is 0.908. The highest BCUT2D eigenvalue weighted by Crippen LogP contribution is 2.31. The Morgan fingerprint density at radius 2 is 2.09 bits per heavy atom. The molecule has 3 aromatic heterocycles. The second-order valence-corrected chi connectivity index (χ2v) is 7.18. The van der Waals surface area contributed by atoms with Crippen LogP contribution in [0.15, 0.2) is 42.0 Å². The van der Waals surface area contributed by atoms with Crippen LogP contribution in [0.1, 0.15) is 31.5 Å². The number of rotatable bonds is 9. The molecule has 0 aliphatic carbocycles. The van der Waals surface area contributed by atoms with Crippen LogP contribution in [0.25, 0.3) is 22.3 Å². The minimum atomic E-state index is -4.30. The van der Waals surface area contributed by atoms with Gasteiger partial charge in [-0.3, -0.25) is 9.67 Å². The van der Waals surface area contributed by atoms with E-state index in [1.807, 2.05) is 0 Å². The summed E-state index contributed by atoms with van der Waals surface area (Å²) < 4.78 is 41.6. The van der Waals surface area contributed by atoms with Gasteiger partial charge in [0.2, 0.25) is 0 Å². The normalized spacial score (nSPS) is 15.0. The van der Waals surface area contributed by atoms with Crippen molar-refractivity contribution in [1.82, 2.24) is 24.4 Å². The van der Waals surface area contributed by atoms with Crippen molar-refractivity contribution >= 4 is 17.3 Å². The molecule has 0 fully saturated rings.